The Morgan fingerprint density at radius 1 is 1.24 bits per heavy atom. The lowest BCUT2D eigenvalue weighted by Crippen LogP contribution is -3.12. The minimum atomic E-state index is -0.249. The molecular formula is C14H23N2O+. The van der Waals surface area contributed by atoms with E-state index in [0.717, 1.165) is 11.4 Å². The fourth-order valence-corrected chi connectivity index (χ4v) is 1.74. The van der Waals surface area contributed by atoms with Gasteiger partial charge < -0.3 is 10.6 Å². The Labute approximate surface area is 104 Å². The van der Waals surface area contributed by atoms with Gasteiger partial charge in [0.25, 0.3) is 5.91 Å². The molecule has 1 aromatic rings. The van der Waals surface area contributed by atoms with Crippen molar-refractivity contribution < 1.29 is 9.69 Å². The number of quaternary nitrogens is 1. The molecule has 0 aromatic heterocycles. The molecule has 0 spiro atoms. The lowest BCUT2D eigenvalue weighted by Gasteiger charge is -2.19. The molecule has 3 N–H and O–H groups in total. The average Bonchev–Trinajstić information content (AvgIpc) is 2.28. The van der Waals surface area contributed by atoms with E-state index in [0.29, 0.717) is 5.92 Å². The van der Waals surface area contributed by atoms with Crippen molar-refractivity contribution in [3.63, 3.8) is 0 Å². The Morgan fingerprint density at radius 3 is 2.18 bits per heavy atom. The monoisotopic (exact) mass is 235 g/mol. The number of benzene rings is 1. The maximum absolute atomic E-state index is 11.1. The summed E-state index contributed by atoms with van der Waals surface area (Å²) >= 11 is 0. The number of carbonyl (C=O) groups excluding carboxylic acids is 1. The molecule has 0 saturated carbocycles. The minimum Gasteiger partial charge on any atom is -0.365 e. The molecule has 0 aliphatic carbocycles. The summed E-state index contributed by atoms with van der Waals surface area (Å²) in [5.41, 5.74) is 7.87. The molecule has 94 valence electrons. The van der Waals surface area contributed by atoms with Crippen LogP contribution in [-0.2, 0) is 11.3 Å². The number of hydrogen-bond donors (Lipinski definition) is 2. The fraction of sp³-hybridized carbons (Fsp3) is 0.500. The van der Waals surface area contributed by atoms with Crippen LogP contribution in [-0.4, -0.2) is 19.0 Å². The van der Waals surface area contributed by atoms with Gasteiger partial charge in [0.1, 0.15) is 6.54 Å². The third kappa shape index (κ3) is 3.86. The highest BCUT2D eigenvalue weighted by atomic mass is 16.1. The average molecular weight is 235 g/mol. The molecule has 3 nitrogen and oxygen atoms in total. The van der Waals surface area contributed by atoms with Crippen LogP contribution >= 0.6 is 0 Å². The zero-order valence-electron chi connectivity index (χ0n) is 11.2. The highest BCUT2D eigenvalue weighted by Crippen LogP contribution is 2.14. The van der Waals surface area contributed by atoms with E-state index in [1.165, 1.54) is 11.1 Å². The summed E-state index contributed by atoms with van der Waals surface area (Å²) in [4.78, 5) is 12.2. The third-order valence-electron chi connectivity index (χ3n) is 3.30. The summed E-state index contributed by atoms with van der Waals surface area (Å²) in [5, 5.41) is 0. The first kappa shape index (κ1) is 13.7. The predicted octanol–water partition coefficient (Wildman–Crippen LogP) is 0.699. The van der Waals surface area contributed by atoms with Gasteiger partial charge >= 0.3 is 0 Å². The summed E-state index contributed by atoms with van der Waals surface area (Å²) in [6.07, 6.45) is 0. The van der Waals surface area contributed by atoms with E-state index in [1.54, 1.807) is 0 Å². The van der Waals surface area contributed by atoms with Gasteiger partial charge in [0.05, 0.1) is 7.05 Å². The first-order valence-electron chi connectivity index (χ1n) is 6.12. The molecule has 0 fully saturated rings. The van der Waals surface area contributed by atoms with Crippen LogP contribution in [0.3, 0.4) is 0 Å². The summed E-state index contributed by atoms with van der Waals surface area (Å²) in [6, 6.07) is 8.42. The van der Waals surface area contributed by atoms with Crippen molar-refractivity contribution in [1.82, 2.24) is 0 Å². The van der Waals surface area contributed by atoms with E-state index in [-0.39, 0.29) is 11.9 Å². The van der Waals surface area contributed by atoms with E-state index >= 15 is 0 Å². The van der Waals surface area contributed by atoms with Gasteiger partial charge in [-0.05, 0) is 18.4 Å². The molecule has 3 heteroatoms. The summed E-state index contributed by atoms with van der Waals surface area (Å²) in [5.74, 6) is 0.306. The van der Waals surface area contributed by atoms with Crippen LogP contribution in [0.5, 0.6) is 0 Å². The van der Waals surface area contributed by atoms with Crippen LogP contribution in [0.15, 0.2) is 24.3 Å². The van der Waals surface area contributed by atoms with Gasteiger partial charge in [0.15, 0.2) is 6.04 Å². The lowest BCUT2D eigenvalue weighted by molar-refractivity contribution is -0.908. The minimum absolute atomic E-state index is 0.153. The molecular weight excluding hydrogens is 212 g/mol. The maximum Gasteiger partial charge on any atom is 0.275 e. The summed E-state index contributed by atoms with van der Waals surface area (Å²) in [6.45, 7) is 7.05. The quantitative estimate of drug-likeness (QED) is 0.775. The largest absolute Gasteiger partial charge is 0.365 e. The standard InChI is InChI=1S/C14H22N2O/c1-10(2)13-7-5-12(6-8-13)9-16(4)11(3)14(15)17/h5-8,10-11H,9H2,1-4H3,(H2,15,17)/p+1/t11-/m1/s1. The van der Waals surface area contributed by atoms with Crippen molar-refractivity contribution in [1.29, 1.82) is 0 Å². The second-order valence-corrected chi connectivity index (χ2v) is 5.04. The van der Waals surface area contributed by atoms with E-state index in [2.05, 4.69) is 38.1 Å². The Kier molecular flexibility index (Phi) is 4.70. The van der Waals surface area contributed by atoms with Crippen LogP contribution in [0.25, 0.3) is 0 Å². The zero-order valence-corrected chi connectivity index (χ0v) is 11.2. The molecule has 0 aliphatic heterocycles. The zero-order chi connectivity index (χ0) is 13.0. The van der Waals surface area contributed by atoms with Crippen molar-refractivity contribution >= 4 is 5.91 Å². The number of nitrogens with two attached hydrogens (primary N) is 1. The Hall–Kier alpha value is -1.35. The molecule has 17 heavy (non-hydrogen) atoms. The molecule has 0 radical (unpaired) electrons. The van der Waals surface area contributed by atoms with Crippen LogP contribution in [0.2, 0.25) is 0 Å². The van der Waals surface area contributed by atoms with Gasteiger partial charge in [-0.3, -0.25) is 4.79 Å². The van der Waals surface area contributed by atoms with Gasteiger partial charge in [-0.15, -0.1) is 0 Å². The first-order chi connectivity index (χ1) is 7.91. The SMILES string of the molecule is CC(C)c1ccc(C[NH+](C)[C@H](C)C(N)=O)cc1. The van der Waals surface area contributed by atoms with Crippen molar-refractivity contribution in [3.05, 3.63) is 35.4 Å². The second kappa shape index (κ2) is 5.82. The van der Waals surface area contributed by atoms with Crippen LogP contribution in [0.4, 0.5) is 0 Å². The van der Waals surface area contributed by atoms with E-state index in [4.69, 9.17) is 5.73 Å². The number of rotatable bonds is 5. The molecule has 2 atom stereocenters. The van der Waals surface area contributed by atoms with Gasteiger partial charge in [-0.2, -0.15) is 0 Å². The van der Waals surface area contributed by atoms with Gasteiger partial charge in [0.2, 0.25) is 0 Å². The van der Waals surface area contributed by atoms with E-state index < -0.39 is 0 Å². The number of primary amides is 1. The van der Waals surface area contributed by atoms with Gasteiger partial charge in [-0.1, -0.05) is 38.1 Å². The lowest BCUT2D eigenvalue weighted by atomic mass is 10.0. The predicted molar refractivity (Wildman–Crippen MR) is 69.8 cm³/mol. The van der Waals surface area contributed by atoms with Crippen LogP contribution in [0, 0.1) is 0 Å². The molecule has 0 aliphatic rings. The van der Waals surface area contributed by atoms with Crippen molar-refractivity contribution in [2.75, 3.05) is 7.05 Å². The number of nitrogens with one attached hydrogen (secondary N) is 1. The highest BCUT2D eigenvalue weighted by Gasteiger charge is 2.18. The first-order valence-corrected chi connectivity index (χ1v) is 6.12. The Bertz CT molecular complexity index is 370. The third-order valence-corrected chi connectivity index (χ3v) is 3.30. The van der Waals surface area contributed by atoms with Crippen molar-refractivity contribution in [2.45, 2.75) is 39.3 Å². The van der Waals surface area contributed by atoms with Crippen LogP contribution < -0.4 is 10.6 Å². The molecule has 0 saturated heterocycles. The number of likely N-dealkylation sites (N-methyl/N-ethyl adjacent to an activating group) is 1. The van der Waals surface area contributed by atoms with E-state index in [9.17, 15) is 4.79 Å². The number of hydrogen-bond acceptors (Lipinski definition) is 1. The van der Waals surface area contributed by atoms with Crippen LogP contribution in [0.1, 0.15) is 37.8 Å². The topological polar surface area (TPSA) is 47.5 Å². The molecule has 1 aromatic carbocycles. The second-order valence-electron chi connectivity index (χ2n) is 5.04. The highest BCUT2D eigenvalue weighted by molar-refractivity contribution is 5.77. The molecule has 1 rings (SSSR count). The Morgan fingerprint density at radius 2 is 1.76 bits per heavy atom. The number of carbonyl (C=O) groups is 1. The number of amides is 1. The van der Waals surface area contributed by atoms with Gasteiger partial charge in [-0.25, -0.2) is 0 Å². The van der Waals surface area contributed by atoms with Gasteiger partial charge in [0, 0.05) is 5.56 Å². The maximum atomic E-state index is 11.1. The molecule has 0 heterocycles. The fourth-order valence-electron chi connectivity index (χ4n) is 1.74. The molecule has 1 unspecified atom stereocenters. The normalized spacial score (nSPS) is 14.6. The van der Waals surface area contributed by atoms with Crippen molar-refractivity contribution in [3.8, 4) is 0 Å². The Balaban J connectivity index is 2.66. The summed E-state index contributed by atoms with van der Waals surface area (Å²) in [7, 11) is 1.99. The van der Waals surface area contributed by atoms with E-state index in [1.807, 2.05) is 14.0 Å². The molecule has 0 bridgehead atoms. The molecule has 1 amide bonds. The summed E-state index contributed by atoms with van der Waals surface area (Å²) < 4.78 is 0. The van der Waals surface area contributed by atoms with Crippen molar-refractivity contribution in [2.24, 2.45) is 5.73 Å². The smallest absolute Gasteiger partial charge is 0.275 e.